The molecule has 1 amide bonds. The Morgan fingerprint density at radius 2 is 2.04 bits per heavy atom. The van der Waals surface area contributed by atoms with Gasteiger partial charge in [0, 0.05) is 18.3 Å². The van der Waals surface area contributed by atoms with Crippen LogP contribution in [0.25, 0.3) is 10.2 Å². The number of para-hydroxylation sites is 1. The number of carbonyl (C=O) groups excluding carboxylic acids is 1. The monoisotopic (exact) mass is 364 g/mol. The summed E-state index contributed by atoms with van der Waals surface area (Å²) in [7, 11) is 1.84. The normalized spacial score (nSPS) is 11.0. The lowest BCUT2D eigenvalue weighted by Gasteiger charge is -2.15. The van der Waals surface area contributed by atoms with Crippen molar-refractivity contribution in [1.82, 2.24) is 9.88 Å². The van der Waals surface area contributed by atoms with Crippen molar-refractivity contribution in [2.75, 3.05) is 7.05 Å². The highest BCUT2D eigenvalue weighted by molar-refractivity contribution is 7.18. The van der Waals surface area contributed by atoms with Crippen molar-refractivity contribution in [2.45, 2.75) is 25.8 Å². The van der Waals surface area contributed by atoms with Crippen LogP contribution in [0, 0.1) is 0 Å². The van der Waals surface area contributed by atoms with Crippen molar-refractivity contribution in [1.29, 1.82) is 0 Å². The fraction of sp³-hybridized carbons (Fsp3) is 0.294. The van der Waals surface area contributed by atoms with Crippen LogP contribution in [0.5, 0.6) is 0 Å². The van der Waals surface area contributed by atoms with Gasteiger partial charge in [-0.3, -0.25) is 4.79 Å². The number of aryl methyl sites for hydroxylation is 1. The molecule has 1 aromatic carbocycles. The maximum Gasteiger partial charge on any atom is 0.222 e. The molecule has 0 atom stereocenters. The molecule has 0 N–H and O–H groups in total. The van der Waals surface area contributed by atoms with Gasteiger partial charge in [0.05, 0.1) is 26.1 Å². The van der Waals surface area contributed by atoms with Gasteiger partial charge in [-0.2, -0.15) is 0 Å². The number of hydrogen-bond donors (Lipinski definition) is 0. The number of fused-ring (bicyclic) bond motifs is 1. The minimum atomic E-state index is 0.163. The lowest BCUT2D eigenvalue weighted by atomic mass is 10.2. The topological polar surface area (TPSA) is 33.2 Å². The van der Waals surface area contributed by atoms with E-state index >= 15 is 0 Å². The molecular formula is C17H17ClN2OS2. The molecule has 0 fully saturated rings. The number of thiophene rings is 1. The zero-order chi connectivity index (χ0) is 16.2. The molecule has 3 aromatic rings. The van der Waals surface area contributed by atoms with Gasteiger partial charge >= 0.3 is 0 Å². The maximum absolute atomic E-state index is 12.2. The molecule has 0 saturated carbocycles. The van der Waals surface area contributed by atoms with Crippen LogP contribution in [-0.2, 0) is 17.8 Å². The highest BCUT2D eigenvalue weighted by Gasteiger charge is 2.11. The quantitative estimate of drug-likeness (QED) is 0.617. The first kappa shape index (κ1) is 16.4. The number of nitrogens with zero attached hydrogens (tertiary/aromatic N) is 2. The number of aromatic nitrogens is 1. The van der Waals surface area contributed by atoms with E-state index in [4.69, 9.17) is 11.6 Å². The average Bonchev–Trinajstić information content (AvgIpc) is 3.12. The summed E-state index contributed by atoms with van der Waals surface area (Å²) in [5.41, 5.74) is 1.05. The minimum absolute atomic E-state index is 0.163. The predicted molar refractivity (Wildman–Crippen MR) is 98.4 cm³/mol. The summed E-state index contributed by atoms with van der Waals surface area (Å²) in [4.78, 5) is 19.7. The van der Waals surface area contributed by atoms with E-state index in [9.17, 15) is 4.79 Å². The molecule has 23 heavy (non-hydrogen) atoms. The van der Waals surface area contributed by atoms with Crippen LogP contribution in [-0.4, -0.2) is 22.8 Å². The van der Waals surface area contributed by atoms with Crippen molar-refractivity contribution in [3.8, 4) is 0 Å². The molecule has 0 spiro atoms. The summed E-state index contributed by atoms with van der Waals surface area (Å²) in [5, 5.41) is 1.10. The van der Waals surface area contributed by atoms with Crippen molar-refractivity contribution in [3.63, 3.8) is 0 Å². The zero-order valence-electron chi connectivity index (χ0n) is 12.8. The van der Waals surface area contributed by atoms with Crippen LogP contribution >= 0.6 is 34.3 Å². The Labute approximate surface area is 148 Å². The molecule has 2 aromatic heterocycles. The minimum Gasteiger partial charge on any atom is -0.341 e. The van der Waals surface area contributed by atoms with E-state index < -0.39 is 0 Å². The second kappa shape index (κ2) is 7.43. The smallest absolute Gasteiger partial charge is 0.222 e. The van der Waals surface area contributed by atoms with E-state index in [0.29, 0.717) is 13.0 Å². The largest absolute Gasteiger partial charge is 0.341 e. The number of hydrogen-bond acceptors (Lipinski definition) is 4. The first-order chi connectivity index (χ1) is 11.1. The highest BCUT2D eigenvalue weighted by atomic mass is 35.5. The summed E-state index contributed by atoms with van der Waals surface area (Å²) in [6.45, 7) is 0.622. The molecule has 0 bridgehead atoms. The maximum atomic E-state index is 12.2. The van der Waals surface area contributed by atoms with Crippen LogP contribution < -0.4 is 0 Å². The zero-order valence-corrected chi connectivity index (χ0v) is 15.2. The number of amides is 1. The van der Waals surface area contributed by atoms with Crippen LogP contribution in [0.3, 0.4) is 0 Å². The molecule has 0 unspecified atom stereocenters. The second-order valence-electron chi connectivity index (χ2n) is 5.38. The van der Waals surface area contributed by atoms with E-state index in [-0.39, 0.29) is 5.91 Å². The van der Waals surface area contributed by atoms with E-state index in [1.807, 2.05) is 37.4 Å². The molecule has 0 radical (unpaired) electrons. The fourth-order valence-corrected chi connectivity index (χ4v) is 4.52. The first-order valence-electron chi connectivity index (χ1n) is 7.44. The van der Waals surface area contributed by atoms with Gasteiger partial charge in [0.25, 0.3) is 0 Å². The van der Waals surface area contributed by atoms with Gasteiger partial charge in [-0.05, 0) is 37.1 Å². The first-order valence-corrected chi connectivity index (χ1v) is 9.45. The summed E-state index contributed by atoms with van der Waals surface area (Å²) in [6, 6.07) is 12.0. The van der Waals surface area contributed by atoms with E-state index in [1.54, 1.807) is 16.2 Å². The van der Waals surface area contributed by atoms with E-state index in [1.165, 1.54) is 16.0 Å². The lowest BCUT2D eigenvalue weighted by molar-refractivity contribution is -0.130. The standard InChI is InChI=1S/C17H17ClN2OS2/c1-20(11-12-9-10-15(18)22-12)17(21)8-4-7-16-19-13-5-2-3-6-14(13)23-16/h2-3,5-6,9-10H,4,7-8,11H2,1H3. The van der Waals surface area contributed by atoms with Crippen LogP contribution in [0.15, 0.2) is 36.4 Å². The third-order valence-corrected chi connectivity index (χ3v) is 5.88. The van der Waals surface area contributed by atoms with Gasteiger partial charge < -0.3 is 4.90 Å². The lowest BCUT2D eigenvalue weighted by Crippen LogP contribution is -2.25. The third kappa shape index (κ3) is 4.31. The highest BCUT2D eigenvalue weighted by Crippen LogP contribution is 2.24. The Morgan fingerprint density at radius 1 is 1.22 bits per heavy atom. The van der Waals surface area contributed by atoms with Crippen molar-refractivity contribution >= 4 is 50.4 Å². The SMILES string of the molecule is CN(Cc1ccc(Cl)s1)C(=O)CCCc1nc2ccccc2s1. The number of rotatable bonds is 6. The summed E-state index contributed by atoms with van der Waals surface area (Å²) >= 11 is 9.15. The number of thiazole rings is 1. The molecule has 3 rings (SSSR count). The van der Waals surface area contributed by atoms with Gasteiger partial charge in [-0.1, -0.05) is 23.7 Å². The predicted octanol–water partition coefficient (Wildman–Crippen LogP) is 4.99. The van der Waals surface area contributed by atoms with Crippen molar-refractivity contribution < 1.29 is 4.79 Å². The molecule has 0 saturated heterocycles. The Balaban J connectivity index is 1.48. The van der Waals surface area contributed by atoms with Gasteiger partial charge in [0.1, 0.15) is 0 Å². The van der Waals surface area contributed by atoms with Crippen molar-refractivity contribution in [3.05, 3.63) is 50.6 Å². The Hall–Kier alpha value is -1.43. The van der Waals surface area contributed by atoms with Gasteiger partial charge in [0.15, 0.2) is 0 Å². The number of halogens is 1. The Morgan fingerprint density at radius 3 is 2.78 bits per heavy atom. The molecular weight excluding hydrogens is 348 g/mol. The Kier molecular flexibility index (Phi) is 5.30. The Bertz CT molecular complexity index is 779. The number of benzene rings is 1. The molecule has 0 aliphatic heterocycles. The average molecular weight is 365 g/mol. The summed E-state index contributed by atoms with van der Waals surface area (Å²) < 4.78 is 1.97. The molecule has 120 valence electrons. The van der Waals surface area contributed by atoms with Crippen LogP contribution in [0.2, 0.25) is 4.34 Å². The van der Waals surface area contributed by atoms with Crippen LogP contribution in [0.4, 0.5) is 0 Å². The number of carbonyl (C=O) groups is 1. The molecule has 6 heteroatoms. The summed E-state index contributed by atoms with van der Waals surface area (Å²) in [6.07, 6.45) is 2.23. The van der Waals surface area contributed by atoms with Gasteiger partial charge in [-0.25, -0.2) is 4.98 Å². The second-order valence-corrected chi connectivity index (χ2v) is 8.30. The molecule has 3 nitrogen and oxygen atoms in total. The van der Waals surface area contributed by atoms with Crippen LogP contribution in [0.1, 0.15) is 22.7 Å². The van der Waals surface area contributed by atoms with E-state index in [2.05, 4.69) is 11.1 Å². The fourth-order valence-electron chi connectivity index (χ4n) is 2.37. The van der Waals surface area contributed by atoms with Gasteiger partial charge in [0.2, 0.25) is 5.91 Å². The van der Waals surface area contributed by atoms with Crippen molar-refractivity contribution in [2.24, 2.45) is 0 Å². The van der Waals surface area contributed by atoms with E-state index in [0.717, 1.165) is 32.6 Å². The third-order valence-electron chi connectivity index (χ3n) is 3.57. The molecule has 0 aliphatic carbocycles. The molecule has 0 aliphatic rings. The summed E-state index contributed by atoms with van der Waals surface area (Å²) in [5.74, 6) is 0.163. The molecule has 2 heterocycles. The van der Waals surface area contributed by atoms with Gasteiger partial charge in [-0.15, -0.1) is 22.7 Å².